The molecular weight excluding hydrogens is 280 g/mol. The smallest absolute Gasteiger partial charge is 0.320 e. The zero-order valence-electron chi connectivity index (χ0n) is 12.7. The number of nitrogens with one attached hydrogen (secondary N) is 2. The summed E-state index contributed by atoms with van der Waals surface area (Å²) in [4.78, 5) is 12.1. The molecule has 6 nitrogen and oxygen atoms in total. The second-order valence-electron chi connectivity index (χ2n) is 6.22. The SMILES string of the molecule is O=C(Nc1ccnn1C1CCCCC1)N[C@@H]1C=C[C@H](CO)C1. The third-order valence-corrected chi connectivity index (χ3v) is 4.56. The highest BCUT2D eigenvalue weighted by Gasteiger charge is 2.22. The van der Waals surface area contributed by atoms with E-state index in [2.05, 4.69) is 15.7 Å². The van der Waals surface area contributed by atoms with Crippen LogP contribution < -0.4 is 10.6 Å². The average Bonchev–Trinajstić information content (AvgIpc) is 3.17. The van der Waals surface area contributed by atoms with Crippen LogP contribution in [0.1, 0.15) is 44.6 Å². The summed E-state index contributed by atoms with van der Waals surface area (Å²) >= 11 is 0. The molecule has 1 fully saturated rings. The summed E-state index contributed by atoms with van der Waals surface area (Å²) < 4.78 is 1.94. The van der Waals surface area contributed by atoms with E-state index in [1.807, 2.05) is 22.9 Å². The van der Waals surface area contributed by atoms with E-state index in [0.29, 0.717) is 6.04 Å². The summed E-state index contributed by atoms with van der Waals surface area (Å²) in [6.45, 7) is 0.130. The van der Waals surface area contributed by atoms with Crippen LogP contribution in [0.3, 0.4) is 0 Å². The number of urea groups is 1. The normalized spacial score (nSPS) is 25.3. The highest BCUT2D eigenvalue weighted by atomic mass is 16.3. The van der Waals surface area contributed by atoms with Crippen molar-refractivity contribution in [3.05, 3.63) is 24.4 Å². The molecule has 6 heteroatoms. The topological polar surface area (TPSA) is 79.2 Å². The quantitative estimate of drug-likeness (QED) is 0.748. The predicted molar refractivity (Wildman–Crippen MR) is 84.6 cm³/mol. The molecular formula is C16H24N4O2. The molecule has 0 radical (unpaired) electrons. The van der Waals surface area contributed by atoms with Gasteiger partial charge in [0.05, 0.1) is 12.2 Å². The second-order valence-corrected chi connectivity index (χ2v) is 6.22. The third-order valence-electron chi connectivity index (χ3n) is 4.56. The van der Waals surface area contributed by atoms with Crippen molar-refractivity contribution < 1.29 is 9.90 Å². The van der Waals surface area contributed by atoms with Crippen molar-refractivity contribution >= 4 is 11.8 Å². The van der Waals surface area contributed by atoms with Gasteiger partial charge in [0.15, 0.2) is 0 Å². The highest BCUT2D eigenvalue weighted by Crippen LogP contribution is 2.29. The molecule has 1 saturated carbocycles. The lowest BCUT2D eigenvalue weighted by Crippen LogP contribution is -2.37. The van der Waals surface area contributed by atoms with Gasteiger partial charge in [0.25, 0.3) is 0 Å². The Morgan fingerprint density at radius 3 is 2.86 bits per heavy atom. The lowest BCUT2D eigenvalue weighted by Gasteiger charge is -2.24. The number of nitrogens with zero attached hydrogens (tertiary/aromatic N) is 2. The predicted octanol–water partition coefficient (Wildman–Crippen LogP) is 2.45. The standard InChI is InChI=1S/C16H24N4O2/c21-11-12-6-7-13(10-12)18-16(22)19-15-8-9-17-20(15)14-4-2-1-3-5-14/h6-9,12-14,21H,1-5,10-11H2,(H2,18,19,22)/t12-,13+/m0/s1. The monoisotopic (exact) mass is 304 g/mol. The van der Waals surface area contributed by atoms with Crippen LogP contribution in [0.25, 0.3) is 0 Å². The molecule has 2 aliphatic carbocycles. The molecule has 3 rings (SSSR count). The minimum atomic E-state index is -0.217. The Morgan fingerprint density at radius 2 is 2.14 bits per heavy atom. The van der Waals surface area contributed by atoms with Crippen LogP contribution >= 0.6 is 0 Å². The van der Waals surface area contributed by atoms with Crippen LogP contribution in [0, 0.1) is 5.92 Å². The fourth-order valence-electron chi connectivity index (χ4n) is 3.37. The van der Waals surface area contributed by atoms with Crippen molar-refractivity contribution in [2.45, 2.75) is 50.6 Å². The summed E-state index contributed by atoms with van der Waals surface area (Å²) in [6.07, 6.45) is 12.4. The number of amides is 2. The molecule has 120 valence electrons. The summed E-state index contributed by atoms with van der Waals surface area (Å²) in [5, 5.41) is 19.3. The first-order valence-electron chi connectivity index (χ1n) is 8.16. The van der Waals surface area contributed by atoms with Crippen LogP contribution in [-0.4, -0.2) is 33.6 Å². The molecule has 0 bridgehead atoms. The molecule has 1 heterocycles. The Labute approximate surface area is 130 Å². The van der Waals surface area contributed by atoms with E-state index in [4.69, 9.17) is 5.11 Å². The van der Waals surface area contributed by atoms with Gasteiger partial charge >= 0.3 is 6.03 Å². The van der Waals surface area contributed by atoms with Gasteiger partial charge in [0.1, 0.15) is 5.82 Å². The Bertz CT molecular complexity index is 534. The van der Waals surface area contributed by atoms with Crippen molar-refractivity contribution in [3.63, 3.8) is 0 Å². The zero-order valence-corrected chi connectivity index (χ0v) is 12.7. The Hall–Kier alpha value is -1.82. The van der Waals surface area contributed by atoms with E-state index in [9.17, 15) is 4.79 Å². The fraction of sp³-hybridized carbons (Fsp3) is 0.625. The third kappa shape index (κ3) is 3.50. The van der Waals surface area contributed by atoms with Crippen molar-refractivity contribution in [2.75, 3.05) is 11.9 Å². The maximum absolute atomic E-state index is 12.1. The summed E-state index contributed by atoms with van der Waals surface area (Å²) in [5.74, 6) is 0.906. The molecule has 22 heavy (non-hydrogen) atoms. The molecule has 2 atom stereocenters. The van der Waals surface area contributed by atoms with Gasteiger partial charge in [-0.15, -0.1) is 0 Å². The number of hydrogen-bond acceptors (Lipinski definition) is 3. The minimum Gasteiger partial charge on any atom is -0.396 e. The van der Waals surface area contributed by atoms with E-state index < -0.39 is 0 Å². The number of hydrogen-bond donors (Lipinski definition) is 3. The van der Waals surface area contributed by atoms with E-state index >= 15 is 0 Å². The zero-order chi connectivity index (χ0) is 15.4. The fourth-order valence-corrected chi connectivity index (χ4v) is 3.37. The van der Waals surface area contributed by atoms with Gasteiger partial charge in [-0.1, -0.05) is 31.4 Å². The van der Waals surface area contributed by atoms with Crippen molar-refractivity contribution in [1.29, 1.82) is 0 Å². The average molecular weight is 304 g/mol. The van der Waals surface area contributed by atoms with Crippen LogP contribution in [0.2, 0.25) is 0 Å². The molecule has 0 aliphatic heterocycles. The van der Waals surface area contributed by atoms with E-state index in [1.165, 1.54) is 19.3 Å². The van der Waals surface area contributed by atoms with Crippen molar-refractivity contribution in [1.82, 2.24) is 15.1 Å². The molecule has 1 aromatic rings. The molecule has 1 aromatic heterocycles. The maximum atomic E-state index is 12.1. The summed E-state index contributed by atoms with van der Waals surface area (Å²) in [6, 6.07) is 2.01. The molecule has 3 N–H and O–H groups in total. The number of carbonyl (C=O) groups excluding carboxylic acids is 1. The van der Waals surface area contributed by atoms with Gasteiger partial charge < -0.3 is 10.4 Å². The van der Waals surface area contributed by atoms with Crippen LogP contribution in [0.15, 0.2) is 24.4 Å². The number of aliphatic hydroxyl groups excluding tert-OH is 1. The van der Waals surface area contributed by atoms with Crippen LogP contribution in [0.4, 0.5) is 10.6 Å². The minimum absolute atomic E-state index is 0.0109. The number of carbonyl (C=O) groups is 1. The first-order valence-corrected chi connectivity index (χ1v) is 8.16. The number of aromatic nitrogens is 2. The summed E-state index contributed by atoms with van der Waals surface area (Å²) in [5.41, 5.74) is 0. The van der Waals surface area contributed by atoms with Gasteiger partial charge in [0, 0.05) is 24.6 Å². The van der Waals surface area contributed by atoms with Crippen LogP contribution in [-0.2, 0) is 0 Å². The van der Waals surface area contributed by atoms with Gasteiger partial charge in [0.2, 0.25) is 0 Å². The lowest BCUT2D eigenvalue weighted by atomic mass is 9.96. The van der Waals surface area contributed by atoms with Crippen molar-refractivity contribution in [3.8, 4) is 0 Å². The van der Waals surface area contributed by atoms with Gasteiger partial charge in [-0.3, -0.25) is 5.32 Å². The molecule has 0 unspecified atom stereocenters. The molecule has 0 saturated heterocycles. The Balaban J connectivity index is 1.56. The highest BCUT2D eigenvalue weighted by molar-refractivity contribution is 5.88. The van der Waals surface area contributed by atoms with Gasteiger partial charge in [-0.05, 0) is 19.3 Å². The summed E-state index contributed by atoms with van der Waals surface area (Å²) in [7, 11) is 0. The first kappa shape index (κ1) is 15.1. The van der Waals surface area contributed by atoms with E-state index in [1.54, 1.807) is 6.20 Å². The molecule has 0 aromatic carbocycles. The molecule has 2 amide bonds. The number of aliphatic hydroxyl groups is 1. The maximum Gasteiger partial charge on any atom is 0.320 e. The lowest BCUT2D eigenvalue weighted by molar-refractivity contribution is 0.238. The largest absolute Gasteiger partial charge is 0.396 e. The molecule has 2 aliphatic rings. The Morgan fingerprint density at radius 1 is 1.32 bits per heavy atom. The van der Waals surface area contributed by atoms with E-state index in [0.717, 1.165) is 25.1 Å². The number of anilines is 1. The second kappa shape index (κ2) is 6.96. The Kier molecular flexibility index (Phi) is 4.77. The van der Waals surface area contributed by atoms with E-state index in [-0.39, 0.29) is 24.6 Å². The van der Waals surface area contributed by atoms with Crippen molar-refractivity contribution in [2.24, 2.45) is 5.92 Å². The van der Waals surface area contributed by atoms with Crippen LogP contribution in [0.5, 0.6) is 0 Å². The van der Waals surface area contributed by atoms with Gasteiger partial charge in [-0.2, -0.15) is 5.10 Å². The number of rotatable bonds is 4. The molecule has 0 spiro atoms. The van der Waals surface area contributed by atoms with Gasteiger partial charge in [-0.25, -0.2) is 9.48 Å². The first-order chi connectivity index (χ1) is 10.8.